The summed E-state index contributed by atoms with van der Waals surface area (Å²) in [5, 5.41) is 0. The highest BCUT2D eigenvalue weighted by molar-refractivity contribution is 5.81. The van der Waals surface area contributed by atoms with E-state index in [0.717, 1.165) is 5.75 Å². The van der Waals surface area contributed by atoms with Crippen LogP contribution < -0.4 is 10.5 Å². The second kappa shape index (κ2) is 5.75. The van der Waals surface area contributed by atoms with Crippen LogP contribution in [0.5, 0.6) is 11.5 Å². The van der Waals surface area contributed by atoms with Gasteiger partial charge in [-0.25, -0.2) is 4.79 Å². The molecule has 0 heterocycles. The van der Waals surface area contributed by atoms with Gasteiger partial charge in [-0.2, -0.15) is 0 Å². The van der Waals surface area contributed by atoms with Crippen LogP contribution in [-0.4, -0.2) is 13.1 Å². The zero-order valence-electron chi connectivity index (χ0n) is 11.5. The van der Waals surface area contributed by atoms with Gasteiger partial charge < -0.3 is 15.2 Å². The highest BCUT2D eigenvalue weighted by Gasteiger charge is 2.31. The van der Waals surface area contributed by atoms with Gasteiger partial charge >= 0.3 is 5.97 Å². The van der Waals surface area contributed by atoms with Crippen molar-refractivity contribution in [2.75, 3.05) is 7.11 Å². The minimum atomic E-state index is -1.17. The molecule has 104 valence electrons. The van der Waals surface area contributed by atoms with Crippen molar-refractivity contribution in [1.82, 2.24) is 0 Å². The van der Waals surface area contributed by atoms with Gasteiger partial charge in [0.25, 0.3) is 0 Å². The Morgan fingerprint density at radius 3 is 2.10 bits per heavy atom. The summed E-state index contributed by atoms with van der Waals surface area (Å²) in [5.41, 5.74) is 5.48. The molecule has 2 rings (SSSR count). The second-order valence-electron chi connectivity index (χ2n) is 4.63. The third kappa shape index (κ3) is 2.97. The maximum atomic E-state index is 11.6. The average molecular weight is 271 g/mol. The first kappa shape index (κ1) is 14.1. The largest absolute Gasteiger partial charge is 0.467 e. The third-order valence-electron chi connectivity index (χ3n) is 3.04. The molecule has 0 radical (unpaired) electrons. The molecule has 0 fully saturated rings. The number of para-hydroxylation sites is 1. The number of methoxy groups -OCH3 is 1. The second-order valence-corrected chi connectivity index (χ2v) is 4.63. The van der Waals surface area contributed by atoms with Gasteiger partial charge in [-0.1, -0.05) is 30.3 Å². The van der Waals surface area contributed by atoms with E-state index in [1.165, 1.54) is 7.11 Å². The van der Waals surface area contributed by atoms with Crippen LogP contribution >= 0.6 is 0 Å². The summed E-state index contributed by atoms with van der Waals surface area (Å²) in [4.78, 5) is 11.6. The lowest BCUT2D eigenvalue weighted by molar-refractivity contribution is -0.146. The Morgan fingerprint density at radius 1 is 1.00 bits per heavy atom. The van der Waals surface area contributed by atoms with Crippen LogP contribution in [0.2, 0.25) is 0 Å². The third-order valence-corrected chi connectivity index (χ3v) is 3.04. The molecule has 0 aromatic heterocycles. The number of ether oxygens (including phenoxy) is 2. The summed E-state index contributed by atoms with van der Waals surface area (Å²) in [7, 11) is 1.32. The number of esters is 1. The van der Waals surface area contributed by atoms with E-state index in [9.17, 15) is 4.79 Å². The Bertz CT molecular complexity index is 576. The predicted molar refractivity (Wildman–Crippen MR) is 76.5 cm³/mol. The Kier molecular flexibility index (Phi) is 4.05. The molecule has 4 heteroatoms. The van der Waals surface area contributed by atoms with Crippen molar-refractivity contribution in [3.63, 3.8) is 0 Å². The lowest BCUT2D eigenvalue weighted by atomic mass is 9.93. The topological polar surface area (TPSA) is 61.5 Å². The summed E-state index contributed by atoms with van der Waals surface area (Å²) in [6.07, 6.45) is 0. The van der Waals surface area contributed by atoms with Gasteiger partial charge in [0.1, 0.15) is 17.0 Å². The number of carbonyl (C=O) groups excluding carboxylic acids is 1. The maximum absolute atomic E-state index is 11.6. The van der Waals surface area contributed by atoms with Crippen LogP contribution in [0.4, 0.5) is 0 Å². The summed E-state index contributed by atoms with van der Waals surface area (Å²) < 4.78 is 10.4. The van der Waals surface area contributed by atoms with E-state index in [0.29, 0.717) is 11.3 Å². The van der Waals surface area contributed by atoms with Crippen LogP contribution in [0.3, 0.4) is 0 Å². The number of hydrogen-bond donors (Lipinski definition) is 1. The summed E-state index contributed by atoms with van der Waals surface area (Å²) >= 11 is 0. The normalized spacial score (nSPS) is 13.3. The zero-order valence-corrected chi connectivity index (χ0v) is 11.5. The van der Waals surface area contributed by atoms with E-state index in [4.69, 9.17) is 15.2 Å². The molecular formula is C16H17NO3. The fourth-order valence-electron chi connectivity index (χ4n) is 1.82. The fraction of sp³-hybridized carbons (Fsp3) is 0.188. The first-order valence-corrected chi connectivity index (χ1v) is 6.25. The summed E-state index contributed by atoms with van der Waals surface area (Å²) in [5.74, 6) is 0.957. The molecule has 2 N–H and O–H groups in total. The van der Waals surface area contributed by atoms with Gasteiger partial charge in [-0.05, 0) is 36.8 Å². The number of nitrogens with two attached hydrogens (primary N) is 1. The smallest absolute Gasteiger partial charge is 0.330 e. The molecule has 4 nitrogen and oxygen atoms in total. The van der Waals surface area contributed by atoms with E-state index < -0.39 is 11.5 Å². The fourth-order valence-corrected chi connectivity index (χ4v) is 1.82. The molecule has 1 unspecified atom stereocenters. The highest BCUT2D eigenvalue weighted by Crippen LogP contribution is 2.25. The van der Waals surface area contributed by atoms with Gasteiger partial charge in [-0.3, -0.25) is 0 Å². The monoisotopic (exact) mass is 271 g/mol. The lowest BCUT2D eigenvalue weighted by Gasteiger charge is -2.22. The Morgan fingerprint density at radius 2 is 1.55 bits per heavy atom. The Balaban J connectivity index is 2.16. The van der Waals surface area contributed by atoms with Crippen LogP contribution in [0, 0.1) is 0 Å². The van der Waals surface area contributed by atoms with Crippen LogP contribution in [0.25, 0.3) is 0 Å². The molecule has 0 amide bonds. The van der Waals surface area contributed by atoms with E-state index in [1.54, 1.807) is 31.2 Å². The van der Waals surface area contributed by atoms with Crippen molar-refractivity contribution in [3.8, 4) is 11.5 Å². The standard InChI is InChI=1S/C16H17NO3/c1-16(17,15(18)19-2)12-8-10-14(11-9-12)20-13-6-4-3-5-7-13/h3-11H,17H2,1-2H3. The Labute approximate surface area is 118 Å². The van der Waals surface area contributed by atoms with Crippen molar-refractivity contribution in [1.29, 1.82) is 0 Å². The average Bonchev–Trinajstić information content (AvgIpc) is 2.48. The zero-order chi connectivity index (χ0) is 14.6. The molecule has 2 aromatic rings. The molecule has 0 aliphatic heterocycles. The first-order valence-electron chi connectivity index (χ1n) is 6.25. The SMILES string of the molecule is COC(=O)C(C)(N)c1ccc(Oc2ccccc2)cc1. The maximum Gasteiger partial charge on any atom is 0.330 e. The summed E-state index contributed by atoms with van der Waals surface area (Å²) in [6.45, 7) is 1.62. The van der Waals surface area contributed by atoms with Gasteiger partial charge in [0.2, 0.25) is 0 Å². The molecule has 0 saturated carbocycles. The minimum Gasteiger partial charge on any atom is -0.467 e. The molecule has 0 aliphatic rings. The number of rotatable bonds is 4. The van der Waals surface area contributed by atoms with Crippen LogP contribution in [-0.2, 0) is 15.1 Å². The number of benzene rings is 2. The molecule has 0 saturated heterocycles. The van der Waals surface area contributed by atoms with Gasteiger partial charge in [0.05, 0.1) is 7.11 Å². The van der Waals surface area contributed by atoms with Crippen molar-refractivity contribution in [2.45, 2.75) is 12.5 Å². The molecular weight excluding hydrogens is 254 g/mol. The summed E-state index contributed by atoms with van der Waals surface area (Å²) in [6, 6.07) is 16.5. The Hall–Kier alpha value is -2.33. The van der Waals surface area contributed by atoms with Gasteiger partial charge in [0, 0.05) is 0 Å². The molecule has 2 aromatic carbocycles. The highest BCUT2D eigenvalue weighted by atomic mass is 16.5. The van der Waals surface area contributed by atoms with E-state index in [2.05, 4.69) is 0 Å². The lowest BCUT2D eigenvalue weighted by Crippen LogP contribution is -2.42. The quantitative estimate of drug-likeness (QED) is 0.869. The van der Waals surface area contributed by atoms with Gasteiger partial charge in [0.15, 0.2) is 0 Å². The number of hydrogen-bond acceptors (Lipinski definition) is 4. The van der Waals surface area contributed by atoms with Crippen molar-refractivity contribution < 1.29 is 14.3 Å². The van der Waals surface area contributed by atoms with Crippen molar-refractivity contribution in [2.24, 2.45) is 5.73 Å². The van der Waals surface area contributed by atoms with Crippen LogP contribution in [0.1, 0.15) is 12.5 Å². The van der Waals surface area contributed by atoms with Gasteiger partial charge in [-0.15, -0.1) is 0 Å². The van der Waals surface area contributed by atoms with Crippen molar-refractivity contribution >= 4 is 5.97 Å². The molecule has 0 bridgehead atoms. The van der Waals surface area contributed by atoms with E-state index >= 15 is 0 Å². The molecule has 20 heavy (non-hydrogen) atoms. The van der Waals surface area contributed by atoms with E-state index in [1.807, 2.05) is 30.3 Å². The number of carbonyl (C=O) groups is 1. The molecule has 0 spiro atoms. The van der Waals surface area contributed by atoms with E-state index in [-0.39, 0.29) is 0 Å². The van der Waals surface area contributed by atoms with Crippen LogP contribution in [0.15, 0.2) is 54.6 Å². The first-order chi connectivity index (χ1) is 9.54. The predicted octanol–water partition coefficient (Wildman–Crippen LogP) is 2.83. The minimum absolute atomic E-state index is 0.478. The molecule has 0 aliphatic carbocycles. The molecule has 1 atom stereocenters. The van der Waals surface area contributed by atoms with Crippen molar-refractivity contribution in [3.05, 3.63) is 60.2 Å².